The van der Waals surface area contributed by atoms with Crippen molar-refractivity contribution < 1.29 is 9.55 Å². The summed E-state index contributed by atoms with van der Waals surface area (Å²) in [5.74, 6) is 0. The van der Waals surface area contributed by atoms with Crippen LogP contribution in [0, 0.1) is 10.1 Å². The third kappa shape index (κ3) is 2.78. The van der Waals surface area contributed by atoms with Crippen molar-refractivity contribution in [3.05, 3.63) is 52.1 Å². The quantitative estimate of drug-likeness (QED) is 0.571. The molecule has 8 nitrogen and oxygen atoms in total. The lowest BCUT2D eigenvalue weighted by molar-refractivity contribution is -0.382. The second-order valence-electron chi connectivity index (χ2n) is 5.24. The van der Waals surface area contributed by atoms with E-state index in [0.29, 0.717) is 23.4 Å². The average Bonchev–Trinajstić information content (AvgIpc) is 3.01. The van der Waals surface area contributed by atoms with Crippen molar-refractivity contribution in [2.45, 2.75) is 6.54 Å². The number of hydrogen-bond donors (Lipinski definition) is 1. The van der Waals surface area contributed by atoms with Crippen molar-refractivity contribution >= 4 is 28.1 Å². The Morgan fingerprint density at radius 1 is 1.22 bits per heavy atom. The zero-order chi connectivity index (χ0) is 16.4. The van der Waals surface area contributed by atoms with E-state index < -0.39 is 4.92 Å². The van der Waals surface area contributed by atoms with E-state index in [1.165, 1.54) is 0 Å². The fraction of sp³-hybridized carbons (Fsp3) is 0.200. The molecule has 0 unspecified atom stereocenters. The molecule has 2 aromatic carbocycles. The van der Waals surface area contributed by atoms with Crippen LogP contribution < -0.4 is 10.2 Å². The van der Waals surface area contributed by atoms with Crippen LogP contribution in [0.25, 0.3) is 11.0 Å². The lowest BCUT2D eigenvalue weighted by Gasteiger charge is -2.15. The Bertz CT molecular complexity index is 845. The summed E-state index contributed by atoms with van der Waals surface area (Å²) in [6.07, 6.45) is 0. The SMILES string of the molecule is CN(C)c1cc(NCc2ccccc2)c([N+](=O)[O-])c2nonc12. The number of benzene rings is 2. The van der Waals surface area contributed by atoms with Crippen LogP contribution in [0.5, 0.6) is 0 Å². The Kier molecular flexibility index (Phi) is 3.80. The summed E-state index contributed by atoms with van der Waals surface area (Å²) >= 11 is 0. The van der Waals surface area contributed by atoms with Crippen LogP contribution in [0.2, 0.25) is 0 Å². The normalized spacial score (nSPS) is 10.7. The van der Waals surface area contributed by atoms with Crippen LogP contribution in [0.4, 0.5) is 17.1 Å². The molecule has 3 aromatic rings. The van der Waals surface area contributed by atoms with Crippen LogP contribution in [0.1, 0.15) is 5.56 Å². The van der Waals surface area contributed by atoms with E-state index in [0.717, 1.165) is 5.56 Å². The highest BCUT2D eigenvalue weighted by atomic mass is 16.6. The maximum atomic E-state index is 11.5. The van der Waals surface area contributed by atoms with Gasteiger partial charge >= 0.3 is 5.69 Å². The number of nitrogens with zero attached hydrogens (tertiary/aromatic N) is 4. The molecule has 1 aromatic heterocycles. The smallest absolute Gasteiger partial charge is 0.323 e. The van der Waals surface area contributed by atoms with E-state index >= 15 is 0 Å². The molecule has 0 spiro atoms. The molecule has 0 amide bonds. The third-order valence-corrected chi connectivity index (χ3v) is 3.48. The summed E-state index contributed by atoms with van der Waals surface area (Å²) in [5, 5.41) is 22.1. The van der Waals surface area contributed by atoms with Gasteiger partial charge in [-0.15, -0.1) is 0 Å². The number of fused-ring (bicyclic) bond motifs is 1. The summed E-state index contributed by atoms with van der Waals surface area (Å²) in [7, 11) is 3.66. The van der Waals surface area contributed by atoms with Gasteiger partial charge in [0.2, 0.25) is 5.52 Å². The molecule has 0 fully saturated rings. The summed E-state index contributed by atoms with van der Waals surface area (Å²) in [6, 6.07) is 11.3. The molecule has 3 rings (SSSR count). The number of anilines is 2. The fourth-order valence-electron chi connectivity index (χ4n) is 2.37. The van der Waals surface area contributed by atoms with Crippen molar-refractivity contribution in [1.82, 2.24) is 10.3 Å². The van der Waals surface area contributed by atoms with Gasteiger partial charge in [-0.25, -0.2) is 4.63 Å². The van der Waals surface area contributed by atoms with E-state index in [1.807, 2.05) is 49.3 Å². The van der Waals surface area contributed by atoms with E-state index in [1.54, 1.807) is 6.07 Å². The molecule has 1 heterocycles. The van der Waals surface area contributed by atoms with Crippen molar-refractivity contribution in [3.8, 4) is 0 Å². The molecular formula is C15H15N5O3. The maximum Gasteiger partial charge on any atom is 0.323 e. The molecule has 0 atom stereocenters. The molecule has 0 bridgehead atoms. The van der Waals surface area contributed by atoms with Crippen molar-refractivity contribution in [2.24, 2.45) is 0 Å². The highest BCUT2D eigenvalue weighted by Crippen LogP contribution is 2.37. The van der Waals surface area contributed by atoms with Gasteiger partial charge in [-0.1, -0.05) is 30.3 Å². The largest absolute Gasteiger partial charge is 0.376 e. The topological polar surface area (TPSA) is 97.3 Å². The molecule has 0 aliphatic rings. The molecule has 23 heavy (non-hydrogen) atoms. The molecule has 0 saturated carbocycles. The zero-order valence-electron chi connectivity index (χ0n) is 12.7. The monoisotopic (exact) mass is 313 g/mol. The average molecular weight is 313 g/mol. The van der Waals surface area contributed by atoms with Crippen molar-refractivity contribution in [1.29, 1.82) is 0 Å². The molecule has 1 N–H and O–H groups in total. The molecular weight excluding hydrogens is 298 g/mol. The molecule has 118 valence electrons. The Balaban J connectivity index is 2.07. The van der Waals surface area contributed by atoms with Gasteiger partial charge in [0, 0.05) is 20.6 Å². The maximum absolute atomic E-state index is 11.5. The van der Waals surface area contributed by atoms with Crippen molar-refractivity contribution in [3.63, 3.8) is 0 Å². The summed E-state index contributed by atoms with van der Waals surface area (Å²) in [4.78, 5) is 12.8. The van der Waals surface area contributed by atoms with E-state index in [9.17, 15) is 10.1 Å². The first-order chi connectivity index (χ1) is 11.1. The van der Waals surface area contributed by atoms with Gasteiger partial charge in [-0.05, 0) is 21.9 Å². The van der Waals surface area contributed by atoms with Gasteiger partial charge < -0.3 is 10.2 Å². The number of nitrogens with one attached hydrogen (secondary N) is 1. The summed E-state index contributed by atoms with van der Waals surface area (Å²) in [6.45, 7) is 0.464. The minimum Gasteiger partial charge on any atom is -0.376 e. The Morgan fingerprint density at radius 2 is 1.91 bits per heavy atom. The van der Waals surface area contributed by atoms with Gasteiger partial charge in [0.25, 0.3) is 0 Å². The van der Waals surface area contributed by atoms with Gasteiger partial charge in [-0.2, -0.15) is 0 Å². The number of aromatic nitrogens is 2. The number of nitro benzene ring substituents is 1. The van der Waals surface area contributed by atoms with Crippen LogP contribution >= 0.6 is 0 Å². The molecule has 0 aliphatic carbocycles. The lowest BCUT2D eigenvalue weighted by Crippen LogP contribution is -2.11. The molecule has 0 saturated heterocycles. The number of rotatable bonds is 5. The minimum absolute atomic E-state index is 0.136. The van der Waals surface area contributed by atoms with Crippen molar-refractivity contribution in [2.75, 3.05) is 24.3 Å². The van der Waals surface area contributed by atoms with E-state index in [-0.39, 0.29) is 11.2 Å². The Morgan fingerprint density at radius 3 is 2.57 bits per heavy atom. The van der Waals surface area contributed by atoms with Crippen LogP contribution in [-0.2, 0) is 6.54 Å². The first-order valence-corrected chi connectivity index (χ1v) is 6.96. The zero-order valence-corrected chi connectivity index (χ0v) is 12.7. The first-order valence-electron chi connectivity index (χ1n) is 6.96. The van der Waals surface area contributed by atoms with Gasteiger partial charge in [-0.3, -0.25) is 10.1 Å². The predicted octanol–water partition coefficient (Wildman–Crippen LogP) is 2.81. The summed E-state index contributed by atoms with van der Waals surface area (Å²) < 4.78 is 4.71. The Labute approximate surface area is 131 Å². The molecule has 8 heteroatoms. The second-order valence-corrected chi connectivity index (χ2v) is 5.24. The van der Waals surface area contributed by atoms with Gasteiger partial charge in [0.1, 0.15) is 5.69 Å². The van der Waals surface area contributed by atoms with Gasteiger partial charge in [0.15, 0.2) is 5.52 Å². The number of hydrogen-bond acceptors (Lipinski definition) is 7. The fourth-order valence-corrected chi connectivity index (χ4v) is 2.37. The molecule has 0 radical (unpaired) electrons. The Hall–Kier alpha value is -3.16. The second kappa shape index (κ2) is 5.91. The van der Waals surface area contributed by atoms with Gasteiger partial charge in [0.05, 0.1) is 10.6 Å². The highest BCUT2D eigenvalue weighted by Gasteiger charge is 2.26. The van der Waals surface area contributed by atoms with E-state index in [2.05, 4.69) is 15.6 Å². The third-order valence-electron chi connectivity index (χ3n) is 3.48. The summed E-state index contributed by atoms with van der Waals surface area (Å²) in [5.41, 5.74) is 2.46. The predicted molar refractivity (Wildman–Crippen MR) is 86.6 cm³/mol. The minimum atomic E-state index is -0.473. The van der Waals surface area contributed by atoms with Crippen LogP contribution in [-0.4, -0.2) is 29.3 Å². The van der Waals surface area contributed by atoms with Crippen LogP contribution in [0.15, 0.2) is 41.0 Å². The lowest BCUT2D eigenvalue weighted by atomic mass is 10.1. The highest BCUT2D eigenvalue weighted by molar-refractivity contribution is 5.99. The number of nitro groups is 1. The first kappa shape index (κ1) is 14.8. The van der Waals surface area contributed by atoms with Crippen LogP contribution in [0.3, 0.4) is 0 Å². The molecule has 0 aliphatic heterocycles. The van der Waals surface area contributed by atoms with E-state index in [4.69, 9.17) is 4.63 Å². The standard InChI is InChI=1S/C15H15N5O3/c1-19(2)12-8-11(16-9-10-6-4-3-5-7-10)15(20(21)22)14-13(12)17-23-18-14/h3-8,16H,9H2,1-2H3.